The highest BCUT2D eigenvalue weighted by Gasteiger charge is 2.27. The second kappa shape index (κ2) is 8.34. The van der Waals surface area contributed by atoms with Crippen LogP contribution in [-0.2, 0) is 24.9 Å². The van der Waals surface area contributed by atoms with Crippen LogP contribution in [0.15, 0.2) is 39.9 Å². The number of hydroxylamine groups is 2. The Morgan fingerprint density at radius 2 is 1.86 bits per heavy atom. The van der Waals surface area contributed by atoms with Gasteiger partial charge in [-0.05, 0) is 11.5 Å². The van der Waals surface area contributed by atoms with Crippen molar-refractivity contribution in [2.24, 2.45) is 13.0 Å². The van der Waals surface area contributed by atoms with Gasteiger partial charge in [0.25, 0.3) is 11.5 Å². The molecule has 7 nitrogen and oxygen atoms in total. The smallest absolute Gasteiger partial charge is 0.284 e. The molecule has 0 atom stereocenters. The third-order valence-electron chi connectivity index (χ3n) is 4.77. The Labute approximate surface area is 172 Å². The predicted molar refractivity (Wildman–Crippen MR) is 115 cm³/mol. The van der Waals surface area contributed by atoms with Crippen LogP contribution in [0.2, 0.25) is 0 Å². The van der Waals surface area contributed by atoms with E-state index < -0.39 is 11.5 Å². The topological polar surface area (TPSA) is 73.5 Å². The van der Waals surface area contributed by atoms with Gasteiger partial charge in [0, 0.05) is 31.9 Å². The molecule has 0 saturated heterocycles. The average molecular weight is 416 g/mol. The quantitative estimate of drug-likeness (QED) is 0.580. The molecule has 1 amide bonds. The zero-order valence-corrected chi connectivity index (χ0v) is 18.1. The number of benzene rings is 1. The summed E-state index contributed by atoms with van der Waals surface area (Å²) in [5, 5.41) is 1.38. The highest BCUT2D eigenvalue weighted by Crippen LogP contribution is 2.32. The van der Waals surface area contributed by atoms with Crippen molar-refractivity contribution >= 4 is 27.5 Å². The van der Waals surface area contributed by atoms with E-state index in [2.05, 4.69) is 0 Å². The normalized spacial score (nSPS) is 11.4. The van der Waals surface area contributed by atoms with E-state index in [1.807, 2.05) is 44.2 Å². The van der Waals surface area contributed by atoms with Gasteiger partial charge >= 0.3 is 5.69 Å². The molecule has 154 valence electrons. The van der Waals surface area contributed by atoms with Crippen molar-refractivity contribution < 1.29 is 9.63 Å². The lowest BCUT2D eigenvalue weighted by Gasteiger charge is -2.15. The third kappa shape index (κ3) is 3.90. The van der Waals surface area contributed by atoms with Crippen LogP contribution >= 0.6 is 11.3 Å². The Balaban J connectivity index is 2.37. The summed E-state index contributed by atoms with van der Waals surface area (Å²) >= 11 is 1.33. The van der Waals surface area contributed by atoms with Crippen LogP contribution in [0.5, 0.6) is 0 Å². The standard InChI is InChI=1S/C21H25N3O4S/c1-13(2)12-24-20-17(18(25)22(3)21(24)27)16(19(26)23(4)28-5)15(29-20)11-14-9-7-6-8-10-14/h6-10,13H,11-12H2,1-5H3. The molecule has 2 heterocycles. The predicted octanol–water partition coefficient (Wildman–Crippen LogP) is 2.64. The summed E-state index contributed by atoms with van der Waals surface area (Å²) in [6, 6.07) is 9.73. The van der Waals surface area contributed by atoms with Crippen LogP contribution in [-0.4, -0.2) is 34.3 Å². The Bertz CT molecular complexity index is 1160. The summed E-state index contributed by atoms with van der Waals surface area (Å²) in [4.78, 5) is 45.3. The first-order chi connectivity index (χ1) is 13.8. The molecule has 0 spiro atoms. The van der Waals surface area contributed by atoms with Crippen LogP contribution in [0.3, 0.4) is 0 Å². The molecule has 2 aromatic heterocycles. The molecule has 29 heavy (non-hydrogen) atoms. The van der Waals surface area contributed by atoms with Gasteiger partial charge < -0.3 is 0 Å². The van der Waals surface area contributed by atoms with Gasteiger partial charge in [0.05, 0.1) is 18.1 Å². The Morgan fingerprint density at radius 1 is 1.21 bits per heavy atom. The largest absolute Gasteiger partial charge is 0.331 e. The zero-order chi connectivity index (χ0) is 21.3. The van der Waals surface area contributed by atoms with E-state index in [0.29, 0.717) is 23.4 Å². The highest BCUT2D eigenvalue weighted by molar-refractivity contribution is 7.19. The molecule has 0 aliphatic rings. The molecule has 3 aromatic rings. The number of rotatable bonds is 6. The Hall–Kier alpha value is -2.71. The lowest BCUT2D eigenvalue weighted by Crippen LogP contribution is -2.39. The van der Waals surface area contributed by atoms with Gasteiger partial charge in [-0.25, -0.2) is 9.86 Å². The number of nitrogens with zero attached hydrogens (tertiary/aromatic N) is 3. The minimum Gasteiger partial charge on any atom is -0.284 e. The van der Waals surface area contributed by atoms with Crippen molar-refractivity contribution in [3.05, 3.63) is 67.2 Å². The first-order valence-corrected chi connectivity index (χ1v) is 10.2. The van der Waals surface area contributed by atoms with Gasteiger partial charge in [0.15, 0.2) is 0 Å². The second-order valence-corrected chi connectivity index (χ2v) is 8.46. The lowest BCUT2D eigenvalue weighted by atomic mass is 10.1. The third-order valence-corrected chi connectivity index (χ3v) is 5.99. The Morgan fingerprint density at radius 3 is 2.45 bits per heavy atom. The summed E-state index contributed by atoms with van der Waals surface area (Å²) in [7, 11) is 4.35. The summed E-state index contributed by atoms with van der Waals surface area (Å²) in [5.74, 6) is -0.203. The van der Waals surface area contributed by atoms with Gasteiger partial charge in [-0.3, -0.25) is 23.6 Å². The maximum Gasteiger partial charge on any atom is 0.331 e. The monoisotopic (exact) mass is 415 g/mol. The van der Waals surface area contributed by atoms with Gasteiger partial charge in [-0.1, -0.05) is 44.2 Å². The SMILES string of the molecule is CON(C)C(=O)c1c(Cc2ccccc2)sc2c1c(=O)n(C)c(=O)n2CC(C)C. The van der Waals surface area contributed by atoms with Crippen molar-refractivity contribution in [3.8, 4) is 0 Å². The number of carbonyl (C=O) groups excluding carboxylic acids is 1. The molecule has 0 fully saturated rings. The van der Waals surface area contributed by atoms with Crippen LogP contribution in [0.25, 0.3) is 10.2 Å². The lowest BCUT2D eigenvalue weighted by molar-refractivity contribution is -0.0756. The first kappa shape index (κ1) is 21.0. The van der Waals surface area contributed by atoms with Crippen molar-refractivity contribution in [2.45, 2.75) is 26.8 Å². The fourth-order valence-corrected chi connectivity index (χ4v) is 4.59. The molecule has 0 saturated carbocycles. The maximum atomic E-state index is 13.1. The molecule has 1 aromatic carbocycles. The van der Waals surface area contributed by atoms with E-state index in [9.17, 15) is 14.4 Å². The molecule has 0 unspecified atom stereocenters. The maximum absolute atomic E-state index is 13.1. The summed E-state index contributed by atoms with van der Waals surface area (Å²) in [6.45, 7) is 4.47. The fraction of sp³-hybridized carbons (Fsp3) is 0.381. The van der Waals surface area contributed by atoms with Crippen molar-refractivity contribution in [1.82, 2.24) is 14.2 Å². The summed E-state index contributed by atoms with van der Waals surface area (Å²) in [6.07, 6.45) is 0.484. The number of thiophene rings is 1. The number of hydrogen-bond acceptors (Lipinski definition) is 5. The van der Waals surface area contributed by atoms with Crippen LogP contribution < -0.4 is 11.2 Å². The summed E-state index contributed by atoms with van der Waals surface area (Å²) in [5.41, 5.74) is 0.482. The molecular weight excluding hydrogens is 390 g/mol. The van der Waals surface area contributed by atoms with Gasteiger partial charge in [0.1, 0.15) is 4.83 Å². The number of carbonyl (C=O) groups is 1. The first-order valence-electron chi connectivity index (χ1n) is 9.37. The molecular formula is C21H25N3O4S. The van der Waals surface area contributed by atoms with Crippen LogP contribution in [0.4, 0.5) is 0 Å². The van der Waals surface area contributed by atoms with E-state index in [0.717, 1.165) is 20.1 Å². The average Bonchev–Trinajstić information content (AvgIpc) is 3.07. The van der Waals surface area contributed by atoms with Crippen molar-refractivity contribution in [3.63, 3.8) is 0 Å². The minimum absolute atomic E-state index is 0.203. The molecule has 0 radical (unpaired) electrons. The van der Waals surface area contributed by atoms with Crippen molar-refractivity contribution in [2.75, 3.05) is 14.2 Å². The fourth-order valence-electron chi connectivity index (χ4n) is 3.27. The number of fused-ring (bicyclic) bond motifs is 1. The van der Waals surface area contributed by atoms with E-state index in [-0.39, 0.29) is 17.0 Å². The van der Waals surface area contributed by atoms with Gasteiger partial charge in [0.2, 0.25) is 0 Å². The van der Waals surface area contributed by atoms with E-state index in [4.69, 9.17) is 4.84 Å². The Kier molecular flexibility index (Phi) is 6.04. The minimum atomic E-state index is -0.464. The molecule has 0 bridgehead atoms. The number of amides is 1. The van der Waals surface area contributed by atoms with Crippen LogP contribution in [0, 0.1) is 5.92 Å². The molecule has 8 heteroatoms. The van der Waals surface area contributed by atoms with Gasteiger partial charge in [-0.2, -0.15) is 0 Å². The summed E-state index contributed by atoms with van der Waals surface area (Å²) < 4.78 is 2.68. The number of aromatic nitrogens is 2. The van der Waals surface area contributed by atoms with Crippen molar-refractivity contribution in [1.29, 1.82) is 0 Å². The number of hydrogen-bond donors (Lipinski definition) is 0. The van der Waals surface area contributed by atoms with Gasteiger partial charge in [-0.15, -0.1) is 11.3 Å². The molecule has 0 aliphatic carbocycles. The van der Waals surface area contributed by atoms with E-state index >= 15 is 0 Å². The second-order valence-electron chi connectivity index (χ2n) is 7.38. The molecule has 0 N–H and O–H groups in total. The molecule has 0 aliphatic heterocycles. The van der Waals surface area contributed by atoms with Crippen LogP contribution in [0.1, 0.15) is 34.6 Å². The highest BCUT2D eigenvalue weighted by atomic mass is 32.1. The zero-order valence-electron chi connectivity index (χ0n) is 17.3. The molecule has 3 rings (SSSR count). The van der Waals surface area contributed by atoms with E-state index in [1.54, 1.807) is 4.57 Å². The van der Waals surface area contributed by atoms with E-state index in [1.165, 1.54) is 32.5 Å².